The molecule has 0 bridgehead atoms. The molecule has 1 aliphatic rings. The summed E-state index contributed by atoms with van der Waals surface area (Å²) in [6.07, 6.45) is 0.448. The molecule has 3 aromatic carbocycles. The Kier molecular flexibility index (Phi) is 10.2. The predicted octanol–water partition coefficient (Wildman–Crippen LogP) is 4.48. The Labute approximate surface area is 252 Å². The van der Waals surface area contributed by atoms with Gasteiger partial charge in [0.05, 0.1) is 11.9 Å². The summed E-state index contributed by atoms with van der Waals surface area (Å²) < 4.78 is -0.571. The molecule has 1 heterocycles. The summed E-state index contributed by atoms with van der Waals surface area (Å²) in [5.74, 6) is -0.992. The third-order valence-corrected chi connectivity index (χ3v) is 8.96. The SMILES string of the molecule is C/C(=C/c1ccccc1)C(=O)N[C@@H](Cc1ccccc1)[C@H](O)C(=O)N1CSC(C)(C)[C@H]1C(=O)NCc1ccccc1C. The minimum atomic E-state index is -1.56. The first-order valence-corrected chi connectivity index (χ1v) is 15.1. The van der Waals surface area contributed by atoms with Gasteiger partial charge in [0.2, 0.25) is 11.8 Å². The summed E-state index contributed by atoms with van der Waals surface area (Å²) in [6.45, 7) is 7.88. The fraction of sp³-hybridized carbons (Fsp3) is 0.324. The van der Waals surface area contributed by atoms with Crippen LogP contribution in [-0.4, -0.2) is 56.5 Å². The van der Waals surface area contributed by atoms with E-state index in [2.05, 4.69) is 10.6 Å². The van der Waals surface area contributed by atoms with E-state index in [1.165, 1.54) is 16.7 Å². The standard InChI is InChI=1S/C34H39N3O4S/c1-23-13-11-12-18-27(23)21-35-32(40)30-34(3,4)42-22-37(30)33(41)29(38)28(20-26-16-9-6-10-17-26)36-31(39)24(2)19-25-14-7-5-8-15-25/h5-19,28-30,38H,20-22H2,1-4H3,(H,35,40)(H,36,39)/b24-19-/t28-,29-,30+/m0/s1. The number of benzene rings is 3. The molecule has 4 rings (SSSR count). The first-order chi connectivity index (χ1) is 20.1. The Bertz CT molecular complexity index is 1420. The smallest absolute Gasteiger partial charge is 0.254 e. The first kappa shape index (κ1) is 31.1. The van der Waals surface area contributed by atoms with Gasteiger partial charge in [0.25, 0.3) is 5.91 Å². The van der Waals surface area contributed by atoms with E-state index in [9.17, 15) is 19.5 Å². The number of aliphatic hydroxyl groups is 1. The summed E-state index contributed by atoms with van der Waals surface area (Å²) in [4.78, 5) is 42.1. The molecule has 0 spiro atoms. The van der Waals surface area contributed by atoms with Gasteiger partial charge in [-0.1, -0.05) is 84.9 Å². The van der Waals surface area contributed by atoms with E-state index in [1.807, 2.05) is 106 Å². The van der Waals surface area contributed by atoms with Gasteiger partial charge in [-0.3, -0.25) is 14.4 Å². The van der Waals surface area contributed by atoms with Gasteiger partial charge in [0.15, 0.2) is 6.10 Å². The van der Waals surface area contributed by atoms with Crippen molar-refractivity contribution < 1.29 is 19.5 Å². The van der Waals surface area contributed by atoms with Crippen molar-refractivity contribution in [2.45, 2.75) is 63.6 Å². The summed E-state index contributed by atoms with van der Waals surface area (Å²) in [6, 6.07) is 25.0. The zero-order valence-corrected chi connectivity index (χ0v) is 25.4. The quantitative estimate of drug-likeness (QED) is 0.305. The van der Waals surface area contributed by atoms with Gasteiger partial charge in [-0.25, -0.2) is 0 Å². The van der Waals surface area contributed by atoms with Gasteiger partial charge < -0.3 is 20.6 Å². The molecule has 0 saturated carbocycles. The van der Waals surface area contributed by atoms with Crippen molar-refractivity contribution in [2.75, 3.05) is 5.88 Å². The normalized spacial score (nSPS) is 17.8. The monoisotopic (exact) mass is 585 g/mol. The maximum Gasteiger partial charge on any atom is 0.254 e. The molecule has 3 aromatic rings. The highest BCUT2D eigenvalue weighted by molar-refractivity contribution is 8.00. The van der Waals surface area contributed by atoms with Crippen molar-refractivity contribution in [1.82, 2.24) is 15.5 Å². The number of thioether (sulfide) groups is 1. The van der Waals surface area contributed by atoms with Crippen LogP contribution in [0.15, 0.2) is 90.5 Å². The number of carbonyl (C=O) groups excluding carboxylic acids is 3. The van der Waals surface area contributed by atoms with Crippen LogP contribution in [0, 0.1) is 6.92 Å². The number of nitrogens with one attached hydrogen (secondary N) is 2. The molecule has 0 aliphatic carbocycles. The molecule has 1 saturated heterocycles. The summed E-state index contributed by atoms with van der Waals surface area (Å²) in [5, 5.41) is 17.4. The van der Waals surface area contributed by atoms with E-state index < -0.39 is 28.8 Å². The van der Waals surface area contributed by atoms with Gasteiger partial charge in [-0.15, -0.1) is 11.8 Å². The van der Waals surface area contributed by atoms with Crippen LogP contribution < -0.4 is 10.6 Å². The lowest BCUT2D eigenvalue weighted by atomic mass is 9.96. The van der Waals surface area contributed by atoms with Crippen molar-refractivity contribution in [3.05, 3.63) is 113 Å². The van der Waals surface area contributed by atoms with Crippen molar-refractivity contribution in [3.63, 3.8) is 0 Å². The fourth-order valence-corrected chi connectivity index (χ4v) is 6.24. The Hall–Kier alpha value is -3.88. The van der Waals surface area contributed by atoms with E-state index >= 15 is 0 Å². The van der Waals surface area contributed by atoms with Gasteiger partial charge >= 0.3 is 0 Å². The van der Waals surface area contributed by atoms with Crippen molar-refractivity contribution >= 4 is 35.6 Å². The number of hydrogen-bond donors (Lipinski definition) is 3. The van der Waals surface area contributed by atoms with Crippen LogP contribution in [0.5, 0.6) is 0 Å². The highest BCUT2D eigenvalue weighted by Gasteiger charge is 2.49. The first-order valence-electron chi connectivity index (χ1n) is 14.1. The van der Waals surface area contributed by atoms with Crippen LogP contribution in [0.2, 0.25) is 0 Å². The Balaban J connectivity index is 1.53. The Morgan fingerprint density at radius 2 is 1.62 bits per heavy atom. The number of hydrogen-bond acceptors (Lipinski definition) is 5. The molecule has 1 fully saturated rings. The number of aliphatic hydroxyl groups excluding tert-OH is 1. The second-order valence-corrected chi connectivity index (χ2v) is 12.8. The van der Waals surface area contributed by atoms with Crippen LogP contribution in [0.3, 0.4) is 0 Å². The molecule has 3 amide bonds. The molecule has 7 nitrogen and oxygen atoms in total. The summed E-state index contributed by atoms with van der Waals surface area (Å²) in [5.41, 5.74) is 4.25. The Morgan fingerprint density at radius 1 is 1.00 bits per heavy atom. The second kappa shape index (κ2) is 13.9. The average molecular weight is 586 g/mol. The van der Waals surface area contributed by atoms with E-state index in [4.69, 9.17) is 0 Å². The summed E-state index contributed by atoms with van der Waals surface area (Å²) in [7, 11) is 0. The van der Waals surface area contributed by atoms with Crippen LogP contribution in [-0.2, 0) is 27.3 Å². The van der Waals surface area contributed by atoms with Gasteiger partial charge in [-0.05, 0) is 62.4 Å². The zero-order valence-electron chi connectivity index (χ0n) is 24.5. The molecule has 1 aliphatic heterocycles. The van der Waals surface area contributed by atoms with Crippen LogP contribution in [0.25, 0.3) is 6.08 Å². The summed E-state index contributed by atoms with van der Waals surface area (Å²) >= 11 is 1.49. The number of nitrogens with zero attached hydrogens (tertiary/aromatic N) is 1. The van der Waals surface area contributed by atoms with Crippen LogP contribution in [0.4, 0.5) is 0 Å². The molecule has 0 aromatic heterocycles. The zero-order chi connectivity index (χ0) is 30.3. The maximum absolute atomic E-state index is 13.9. The predicted molar refractivity (Wildman–Crippen MR) is 168 cm³/mol. The molecule has 3 atom stereocenters. The van der Waals surface area contributed by atoms with E-state index in [0.717, 1.165) is 22.3 Å². The minimum Gasteiger partial charge on any atom is -0.381 e. The fourth-order valence-electron chi connectivity index (χ4n) is 5.10. The van der Waals surface area contributed by atoms with E-state index in [0.29, 0.717) is 12.1 Å². The average Bonchev–Trinajstić information content (AvgIpc) is 3.31. The largest absolute Gasteiger partial charge is 0.381 e. The van der Waals surface area contributed by atoms with Gasteiger partial charge in [0.1, 0.15) is 6.04 Å². The molecular formula is C34H39N3O4S. The van der Waals surface area contributed by atoms with E-state index in [-0.39, 0.29) is 24.1 Å². The molecule has 8 heteroatoms. The lowest BCUT2D eigenvalue weighted by Gasteiger charge is -2.33. The number of amides is 3. The van der Waals surface area contributed by atoms with Gasteiger partial charge in [-0.2, -0.15) is 0 Å². The topological polar surface area (TPSA) is 98.7 Å². The van der Waals surface area contributed by atoms with Crippen molar-refractivity contribution in [2.24, 2.45) is 0 Å². The molecule has 0 unspecified atom stereocenters. The molecule has 0 radical (unpaired) electrons. The second-order valence-electron chi connectivity index (χ2n) is 11.2. The molecule has 3 N–H and O–H groups in total. The molecule has 220 valence electrons. The highest BCUT2D eigenvalue weighted by atomic mass is 32.2. The Morgan fingerprint density at radius 3 is 2.29 bits per heavy atom. The highest BCUT2D eigenvalue weighted by Crippen LogP contribution is 2.40. The number of aryl methyl sites for hydroxylation is 1. The lowest BCUT2D eigenvalue weighted by Crippen LogP contribution is -2.58. The maximum atomic E-state index is 13.9. The number of rotatable bonds is 10. The third kappa shape index (κ3) is 7.69. The molecule has 42 heavy (non-hydrogen) atoms. The van der Waals surface area contributed by atoms with Crippen LogP contribution in [0.1, 0.15) is 43.0 Å². The van der Waals surface area contributed by atoms with Crippen molar-refractivity contribution in [3.8, 4) is 0 Å². The van der Waals surface area contributed by atoms with Gasteiger partial charge in [0, 0.05) is 16.9 Å². The molecular weight excluding hydrogens is 546 g/mol. The van der Waals surface area contributed by atoms with E-state index in [1.54, 1.807) is 13.0 Å². The third-order valence-electron chi connectivity index (χ3n) is 7.58. The lowest BCUT2D eigenvalue weighted by molar-refractivity contribution is -0.147. The van der Waals surface area contributed by atoms with Crippen molar-refractivity contribution in [1.29, 1.82) is 0 Å². The minimum absolute atomic E-state index is 0.243. The number of carbonyl (C=O) groups is 3. The van der Waals surface area contributed by atoms with Crippen LogP contribution >= 0.6 is 11.8 Å².